The summed E-state index contributed by atoms with van der Waals surface area (Å²) in [5, 5.41) is 0. The number of hydrogen-bond donors (Lipinski definition) is 2. The second-order valence-corrected chi connectivity index (χ2v) is 9.86. The highest BCUT2D eigenvalue weighted by atomic mass is 16.5. The highest BCUT2D eigenvalue weighted by Gasteiger charge is 2.36. The van der Waals surface area contributed by atoms with Gasteiger partial charge in [0.2, 0.25) is 0 Å². The molecule has 36 heavy (non-hydrogen) atoms. The number of ether oxygens (including phenoxy) is 1. The summed E-state index contributed by atoms with van der Waals surface area (Å²) in [5.74, 6) is 0.709. The molecule has 1 rings (SSSR count). The maximum absolute atomic E-state index is 12.2. The fourth-order valence-corrected chi connectivity index (χ4v) is 3.56. The molecule has 1 heterocycles. The first kappa shape index (κ1) is 32.3. The zero-order chi connectivity index (χ0) is 28.3. The van der Waals surface area contributed by atoms with E-state index in [-0.39, 0.29) is 17.0 Å². The van der Waals surface area contributed by atoms with E-state index in [1.165, 1.54) is 6.92 Å². The zero-order valence-electron chi connectivity index (χ0n) is 23.1. The maximum Gasteiger partial charge on any atom is 0.161 e. The van der Waals surface area contributed by atoms with Crippen LogP contribution >= 0.6 is 0 Å². The zero-order valence-corrected chi connectivity index (χ0v) is 23.1. The smallest absolute Gasteiger partial charge is 0.161 e. The van der Waals surface area contributed by atoms with Crippen LogP contribution in [-0.4, -0.2) is 22.5 Å². The fourth-order valence-electron chi connectivity index (χ4n) is 3.56. The highest BCUT2D eigenvalue weighted by molar-refractivity contribution is 5.80. The molecule has 1 atom stereocenters. The van der Waals surface area contributed by atoms with Crippen molar-refractivity contribution < 1.29 is 14.3 Å². The van der Waals surface area contributed by atoms with Crippen LogP contribution in [0.15, 0.2) is 66.8 Å². The molecule has 0 radical (unpaired) electrons. The molecular formula is C29H42N4O3. The average molecular weight is 495 g/mol. The van der Waals surface area contributed by atoms with E-state index in [1.807, 2.05) is 6.92 Å². The lowest BCUT2D eigenvalue weighted by Crippen LogP contribution is -2.30. The SMILES string of the molecule is C=C/C=C\C(C(=C)c1nc(C)c(C(C)(C=O)C(=C)O/C=C(\C)CC(C)(C)C)c(N)n1)=C(/C)N.CC=O. The van der Waals surface area contributed by atoms with Crippen molar-refractivity contribution in [2.45, 2.75) is 67.2 Å². The topological polar surface area (TPSA) is 121 Å². The van der Waals surface area contributed by atoms with Crippen LogP contribution in [0.2, 0.25) is 0 Å². The lowest BCUT2D eigenvalue weighted by molar-refractivity contribution is -0.112. The Morgan fingerprint density at radius 3 is 2.08 bits per heavy atom. The summed E-state index contributed by atoms with van der Waals surface area (Å²) in [6.07, 6.45) is 9.15. The number of aldehydes is 2. The van der Waals surface area contributed by atoms with Crippen LogP contribution in [0.1, 0.15) is 72.0 Å². The van der Waals surface area contributed by atoms with Gasteiger partial charge < -0.3 is 25.8 Å². The van der Waals surface area contributed by atoms with Crippen LogP contribution in [0.4, 0.5) is 5.82 Å². The molecule has 1 aromatic rings. The van der Waals surface area contributed by atoms with Crippen molar-refractivity contribution in [3.63, 3.8) is 0 Å². The number of nitrogen functional groups attached to an aromatic ring is 1. The van der Waals surface area contributed by atoms with Gasteiger partial charge in [0.05, 0.1) is 6.26 Å². The molecule has 0 saturated heterocycles. The van der Waals surface area contributed by atoms with E-state index in [1.54, 1.807) is 45.3 Å². The van der Waals surface area contributed by atoms with Gasteiger partial charge in [0.15, 0.2) is 5.82 Å². The van der Waals surface area contributed by atoms with E-state index < -0.39 is 5.41 Å². The minimum absolute atomic E-state index is 0.113. The van der Waals surface area contributed by atoms with Gasteiger partial charge in [-0.15, -0.1) is 0 Å². The quantitative estimate of drug-likeness (QED) is 0.236. The molecule has 7 heteroatoms. The van der Waals surface area contributed by atoms with Crippen molar-refractivity contribution in [2.24, 2.45) is 11.1 Å². The van der Waals surface area contributed by atoms with Crippen molar-refractivity contribution in [3.05, 3.63) is 83.9 Å². The number of carbonyl (C=O) groups excluding carboxylic acids is 2. The van der Waals surface area contributed by atoms with E-state index in [0.29, 0.717) is 33.9 Å². The summed E-state index contributed by atoms with van der Waals surface area (Å²) in [5.41, 5.74) is 15.0. The minimum Gasteiger partial charge on any atom is -0.469 e. The molecule has 0 fully saturated rings. The minimum atomic E-state index is -1.24. The van der Waals surface area contributed by atoms with Crippen LogP contribution in [-0.2, 0) is 19.7 Å². The van der Waals surface area contributed by atoms with Gasteiger partial charge in [0.25, 0.3) is 0 Å². The van der Waals surface area contributed by atoms with Gasteiger partial charge in [-0.05, 0) is 52.0 Å². The van der Waals surface area contributed by atoms with Crippen molar-refractivity contribution in [2.75, 3.05) is 5.73 Å². The number of aromatic nitrogens is 2. The van der Waals surface area contributed by atoms with Crippen molar-refractivity contribution >= 4 is 24.0 Å². The summed E-state index contributed by atoms with van der Waals surface area (Å²) >= 11 is 0. The van der Waals surface area contributed by atoms with Gasteiger partial charge in [0.1, 0.15) is 29.6 Å². The van der Waals surface area contributed by atoms with Gasteiger partial charge in [-0.2, -0.15) is 0 Å². The molecular weight excluding hydrogens is 452 g/mol. The van der Waals surface area contributed by atoms with Gasteiger partial charge in [0, 0.05) is 28.1 Å². The van der Waals surface area contributed by atoms with Crippen LogP contribution in [0.3, 0.4) is 0 Å². The standard InChI is InChI=1S/C27H38N4O2.C2H4O/c1-11-12-13-22(19(4)28)18(3)25-30-20(5)23(24(29)31-25)27(10,16-32)21(6)33-15-17(2)14-26(7,8)9;1-2-3/h11-13,15-16H,1,3,6,14,28H2,2,4-5,7-10H3,(H2,29,30,31);2H,1H3/b13-12-,17-15+,22-19-;. The molecule has 0 aliphatic rings. The molecule has 0 aliphatic heterocycles. The molecule has 4 N–H and O–H groups in total. The number of carbonyl (C=O) groups is 2. The van der Waals surface area contributed by atoms with E-state index in [2.05, 4.69) is 50.5 Å². The number of anilines is 1. The molecule has 1 aromatic heterocycles. The van der Waals surface area contributed by atoms with Crippen molar-refractivity contribution in [1.82, 2.24) is 9.97 Å². The molecule has 0 aliphatic carbocycles. The molecule has 0 saturated carbocycles. The maximum atomic E-state index is 12.2. The van der Waals surface area contributed by atoms with Gasteiger partial charge in [-0.3, -0.25) is 0 Å². The van der Waals surface area contributed by atoms with Crippen LogP contribution in [0.25, 0.3) is 5.57 Å². The average Bonchev–Trinajstić information content (AvgIpc) is 2.75. The second kappa shape index (κ2) is 14.0. The largest absolute Gasteiger partial charge is 0.469 e. The molecule has 0 amide bonds. The van der Waals surface area contributed by atoms with Gasteiger partial charge in [-0.1, -0.05) is 58.7 Å². The van der Waals surface area contributed by atoms with Crippen molar-refractivity contribution in [3.8, 4) is 0 Å². The number of hydrogen-bond acceptors (Lipinski definition) is 7. The monoisotopic (exact) mass is 494 g/mol. The first-order valence-electron chi connectivity index (χ1n) is 11.6. The summed E-state index contributed by atoms with van der Waals surface area (Å²) in [7, 11) is 0. The van der Waals surface area contributed by atoms with Crippen molar-refractivity contribution in [1.29, 1.82) is 0 Å². The highest BCUT2D eigenvalue weighted by Crippen LogP contribution is 2.36. The van der Waals surface area contributed by atoms with Crippen LogP contribution in [0, 0.1) is 12.3 Å². The number of nitrogens with two attached hydrogens (primary N) is 2. The third-order valence-electron chi connectivity index (χ3n) is 5.08. The third-order valence-corrected chi connectivity index (χ3v) is 5.08. The Kier molecular flexibility index (Phi) is 12.5. The van der Waals surface area contributed by atoms with Crippen LogP contribution < -0.4 is 11.5 Å². The van der Waals surface area contributed by atoms with Crippen LogP contribution in [0.5, 0.6) is 0 Å². The van der Waals surface area contributed by atoms with Gasteiger partial charge >= 0.3 is 0 Å². The first-order valence-corrected chi connectivity index (χ1v) is 11.6. The van der Waals surface area contributed by atoms with E-state index in [0.717, 1.165) is 24.6 Å². The summed E-state index contributed by atoms with van der Waals surface area (Å²) in [6, 6.07) is 0. The van der Waals surface area contributed by atoms with E-state index in [9.17, 15) is 4.79 Å². The Bertz CT molecular complexity index is 1060. The Morgan fingerprint density at radius 1 is 1.11 bits per heavy atom. The van der Waals surface area contributed by atoms with Gasteiger partial charge in [-0.25, -0.2) is 9.97 Å². The second-order valence-electron chi connectivity index (χ2n) is 9.86. The molecule has 0 bridgehead atoms. The summed E-state index contributed by atoms with van der Waals surface area (Å²) in [6.45, 7) is 26.8. The Labute approximate surface area is 216 Å². The number of nitrogens with zero attached hydrogens (tertiary/aromatic N) is 2. The predicted molar refractivity (Wildman–Crippen MR) is 150 cm³/mol. The summed E-state index contributed by atoms with van der Waals surface area (Å²) in [4.78, 5) is 30.1. The molecule has 196 valence electrons. The first-order chi connectivity index (χ1) is 16.6. The molecule has 1 unspecified atom stereocenters. The normalized spacial score (nSPS) is 14.1. The predicted octanol–water partition coefficient (Wildman–Crippen LogP) is 5.89. The molecule has 0 spiro atoms. The molecule has 0 aromatic carbocycles. The fraction of sp³-hybridized carbons (Fsp3) is 0.379. The number of rotatable bonds is 10. The Balaban J connectivity index is 0.00000387. The lowest BCUT2D eigenvalue weighted by Gasteiger charge is -2.28. The lowest BCUT2D eigenvalue weighted by atomic mass is 9.81. The third kappa shape index (κ3) is 9.13. The number of aryl methyl sites for hydroxylation is 1. The summed E-state index contributed by atoms with van der Waals surface area (Å²) < 4.78 is 5.80. The van der Waals surface area contributed by atoms with E-state index in [4.69, 9.17) is 21.0 Å². The molecule has 7 nitrogen and oxygen atoms in total. The number of allylic oxidation sites excluding steroid dienone is 8. The Morgan fingerprint density at radius 2 is 1.67 bits per heavy atom. The Hall–Kier alpha value is -3.74. The van der Waals surface area contributed by atoms with E-state index >= 15 is 0 Å².